The van der Waals surface area contributed by atoms with E-state index in [1.165, 1.54) is 24.1 Å². The number of carbonyl (C=O) groups is 2. The van der Waals surface area contributed by atoms with E-state index in [1.807, 2.05) is 0 Å². The molecule has 2 heterocycles. The van der Waals surface area contributed by atoms with Crippen molar-refractivity contribution in [3.05, 3.63) is 71.5 Å². The van der Waals surface area contributed by atoms with Crippen LogP contribution in [0, 0.1) is 23.6 Å². The first kappa shape index (κ1) is 28.9. The molecular formula is C34H45FN2O3. The number of hydrogen-bond acceptors (Lipinski definition) is 4. The van der Waals surface area contributed by atoms with Crippen molar-refractivity contribution in [1.82, 2.24) is 9.80 Å². The van der Waals surface area contributed by atoms with Gasteiger partial charge in [0, 0.05) is 37.5 Å². The van der Waals surface area contributed by atoms with Crippen LogP contribution >= 0.6 is 0 Å². The molecule has 0 amide bonds. The Morgan fingerprint density at radius 1 is 0.900 bits per heavy atom. The summed E-state index contributed by atoms with van der Waals surface area (Å²) < 4.78 is 13.1. The van der Waals surface area contributed by atoms with Crippen LogP contribution in [0.25, 0.3) is 0 Å². The smallest absolute Gasteiger partial charge is 0.321 e. The lowest BCUT2D eigenvalue weighted by Gasteiger charge is -2.35. The highest BCUT2D eigenvalue weighted by Gasteiger charge is 2.43. The highest BCUT2D eigenvalue weighted by Crippen LogP contribution is 2.38. The van der Waals surface area contributed by atoms with Gasteiger partial charge in [0.2, 0.25) is 0 Å². The molecule has 216 valence electrons. The maximum absolute atomic E-state index is 13.1. The zero-order valence-corrected chi connectivity index (χ0v) is 23.7. The molecule has 5 nitrogen and oxygen atoms in total. The summed E-state index contributed by atoms with van der Waals surface area (Å²) in [6.07, 6.45) is 10.4. The van der Waals surface area contributed by atoms with Crippen LogP contribution in [0.15, 0.2) is 54.6 Å². The topological polar surface area (TPSA) is 60.9 Å². The standard InChI is InChI=1S/C34H45FN2O3/c35-30-16-14-27(15-17-30)32(38)13-7-8-25-18-20-36(21-19-25)22-29-23-37(24-31(29)26-9-3-1-4-10-26)33(34(39)40)28-11-5-2-6-12-28/h1,3-4,9-10,14-17,25,28-29,31,33H,2,5-8,11-13,18-24H2,(H,39,40). The Kier molecular flexibility index (Phi) is 10.0. The van der Waals surface area contributed by atoms with Crippen LogP contribution in [0.5, 0.6) is 0 Å². The van der Waals surface area contributed by atoms with Crippen LogP contribution in [0.4, 0.5) is 4.39 Å². The summed E-state index contributed by atoms with van der Waals surface area (Å²) in [5.41, 5.74) is 1.94. The Balaban J connectivity index is 1.14. The maximum atomic E-state index is 13.1. The second-order valence-corrected chi connectivity index (χ2v) is 12.5. The first-order valence-electron chi connectivity index (χ1n) is 15.5. The number of piperidine rings is 1. The molecule has 1 aliphatic carbocycles. The van der Waals surface area contributed by atoms with Gasteiger partial charge in [-0.2, -0.15) is 0 Å². The largest absolute Gasteiger partial charge is 0.480 e. The fourth-order valence-electron chi connectivity index (χ4n) is 7.62. The molecule has 0 aromatic heterocycles. The maximum Gasteiger partial charge on any atom is 0.321 e. The average Bonchev–Trinajstić information content (AvgIpc) is 3.38. The molecule has 2 aromatic carbocycles. The number of benzene rings is 2. The normalized spacial score (nSPS) is 24.2. The van der Waals surface area contributed by atoms with Crippen molar-refractivity contribution < 1.29 is 19.1 Å². The lowest BCUT2D eigenvalue weighted by molar-refractivity contribution is -0.145. The van der Waals surface area contributed by atoms with Crippen molar-refractivity contribution in [2.45, 2.75) is 76.2 Å². The molecule has 1 N–H and O–H groups in total. The number of aliphatic carboxylic acids is 1. The zero-order chi connectivity index (χ0) is 27.9. The molecule has 3 fully saturated rings. The van der Waals surface area contributed by atoms with Crippen molar-refractivity contribution in [2.75, 3.05) is 32.7 Å². The van der Waals surface area contributed by atoms with Crippen molar-refractivity contribution in [3.8, 4) is 0 Å². The Labute approximate surface area is 238 Å². The van der Waals surface area contributed by atoms with Crippen molar-refractivity contribution >= 4 is 11.8 Å². The van der Waals surface area contributed by atoms with Crippen LogP contribution in [-0.2, 0) is 4.79 Å². The molecule has 2 saturated heterocycles. The van der Waals surface area contributed by atoms with E-state index in [2.05, 4.69) is 40.1 Å². The van der Waals surface area contributed by atoms with Gasteiger partial charge in [-0.05, 0) is 99.2 Å². The van der Waals surface area contributed by atoms with Crippen LogP contribution in [-0.4, -0.2) is 65.4 Å². The van der Waals surface area contributed by atoms with Gasteiger partial charge in [0.1, 0.15) is 11.9 Å². The van der Waals surface area contributed by atoms with Gasteiger partial charge < -0.3 is 10.0 Å². The second-order valence-electron chi connectivity index (χ2n) is 12.5. The van der Waals surface area contributed by atoms with Crippen LogP contribution < -0.4 is 0 Å². The first-order valence-corrected chi connectivity index (χ1v) is 15.5. The molecule has 3 aliphatic rings. The van der Waals surface area contributed by atoms with E-state index in [-0.39, 0.29) is 23.6 Å². The molecule has 6 heteroatoms. The summed E-state index contributed by atoms with van der Waals surface area (Å²) >= 11 is 0. The number of halogens is 1. The Hall–Kier alpha value is -2.57. The highest BCUT2D eigenvalue weighted by atomic mass is 19.1. The number of Topliss-reactive ketones (excluding diaryl/α,β-unsaturated/α-hetero) is 1. The van der Waals surface area contributed by atoms with E-state index in [4.69, 9.17) is 0 Å². The van der Waals surface area contributed by atoms with Gasteiger partial charge in [-0.1, -0.05) is 49.6 Å². The molecular weight excluding hydrogens is 503 g/mol. The molecule has 0 bridgehead atoms. The molecule has 0 spiro atoms. The summed E-state index contributed by atoms with van der Waals surface area (Å²) in [7, 11) is 0. The van der Waals surface area contributed by atoms with Gasteiger partial charge in [-0.25, -0.2) is 4.39 Å². The number of nitrogens with zero attached hydrogens (tertiary/aromatic N) is 2. The molecule has 5 rings (SSSR count). The van der Waals surface area contributed by atoms with E-state index in [0.717, 1.165) is 84.1 Å². The summed E-state index contributed by atoms with van der Waals surface area (Å²) in [6, 6.07) is 16.2. The molecule has 3 unspecified atom stereocenters. The third-order valence-corrected chi connectivity index (χ3v) is 9.82. The summed E-state index contributed by atoms with van der Waals surface area (Å²) in [4.78, 5) is 29.8. The van der Waals surface area contributed by atoms with Crippen molar-refractivity contribution in [1.29, 1.82) is 0 Å². The SMILES string of the molecule is O=C(CCCC1CCN(CC2CN(C(C(=O)O)C3CCCCC3)CC2c2ccccc2)CC1)c1ccc(F)cc1. The Bertz CT molecular complexity index is 1090. The van der Waals surface area contributed by atoms with Crippen LogP contribution in [0.2, 0.25) is 0 Å². The number of carboxylic acid groups (broad SMARTS) is 1. The third kappa shape index (κ3) is 7.38. The monoisotopic (exact) mass is 548 g/mol. The predicted molar refractivity (Wildman–Crippen MR) is 156 cm³/mol. The molecule has 2 aliphatic heterocycles. The molecule has 40 heavy (non-hydrogen) atoms. The molecule has 1 saturated carbocycles. The minimum atomic E-state index is -0.641. The zero-order valence-electron chi connectivity index (χ0n) is 23.7. The minimum absolute atomic E-state index is 0.100. The first-order chi connectivity index (χ1) is 19.5. The summed E-state index contributed by atoms with van der Waals surface area (Å²) in [6.45, 7) is 4.85. The minimum Gasteiger partial charge on any atom is -0.480 e. The van der Waals surface area contributed by atoms with Crippen molar-refractivity contribution in [3.63, 3.8) is 0 Å². The summed E-state index contributed by atoms with van der Waals surface area (Å²) in [5, 5.41) is 10.3. The van der Waals surface area contributed by atoms with E-state index in [9.17, 15) is 19.1 Å². The van der Waals surface area contributed by atoms with E-state index >= 15 is 0 Å². The fraction of sp³-hybridized carbons (Fsp3) is 0.588. The van der Waals surface area contributed by atoms with Gasteiger partial charge in [-0.15, -0.1) is 0 Å². The van der Waals surface area contributed by atoms with Gasteiger partial charge in [0.15, 0.2) is 5.78 Å². The quantitative estimate of drug-likeness (QED) is 0.319. The molecule has 3 atom stereocenters. The van der Waals surface area contributed by atoms with E-state index in [0.29, 0.717) is 29.7 Å². The average molecular weight is 549 g/mol. The molecule has 2 aromatic rings. The van der Waals surface area contributed by atoms with Gasteiger partial charge >= 0.3 is 5.97 Å². The van der Waals surface area contributed by atoms with Gasteiger partial charge in [0.05, 0.1) is 0 Å². The molecule has 0 radical (unpaired) electrons. The predicted octanol–water partition coefficient (Wildman–Crippen LogP) is 6.64. The van der Waals surface area contributed by atoms with Crippen LogP contribution in [0.3, 0.4) is 0 Å². The second kappa shape index (κ2) is 13.9. The van der Waals surface area contributed by atoms with Crippen molar-refractivity contribution in [2.24, 2.45) is 17.8 Å². The number of hydrogen-bond donors (Lipinski definition) is 1. The van der Waals surface area contributed by atoms with E-state index in [1.54, 1.807) is 12.1 Å². The highest BCUT2D eigenvalue weighted by molar-refractivity contribution is 5.95. The number of ketones is 1. The number of carbonyl (C=O) groups excluding carboxylic acids is 1. The lowest BCUT2D eigenvalue weighted by Crippen LogP contribution is -2.46. The Morgan fingerprint density at radius 3 is 2.27 bits per heavy atom. The van der Waals surface area contributed by atoms with Crippen LogP contribution in [0.1, 0.15) is 86.0 Å². The fourth-order valence-corrected chi connectivity index (χ4v) is 7.62. The van der Waals surface area contributed by atoms with Gasteiger partial charge in [-0.3, -0.25) is 14.5 Å². The van der Waals surface area contributed by atoms with Gasteiger partial charge in [0.25, 0.3) is 0 Å². The third-order valence-electron chi connectivity index (χ3n) is 9.82. The number of carboxylic acids is 1. The lowest BCUT2D eigenvalue weighted by atomic mass is 9.83. The Morgan fingerprint density at radius 2 is 1.60 bits per heavy atom. The number of likely N-dealkylation sites (tertiary alicyclic amines) is 2. The van der Waals surface area contributed by atoms with E-state index < -0.39 is 5.97 Å². The summed E-state index contributed by atoms with van der Waals surface area (Å²) in [5.74, 6) is 0.854. The number of rotatable bonds is 11.